The number of benzene rings is 1. The molecule has 1 fully saturated rings. The summed E-state index contributed by atoms with van der Waals surface area (Å²) in [5, 5.41) is 0. The molecule has 1 saturated heterocycles. The lowest BCUT2D eigenvalue weighted by atomic mass is 10.0. The number of hydrogen-bond acceptors (Lipinski definition) is 5. The summed E-state index contributed by atoms with van der Waals surface area (Å²) in [5.41, 5.74) is 3.08. The zero-order chi connectivity index (χ0) is 18.1. The third-order valence-corrected chi connectivity index (χ3v) is 5.02. The van der Waals surface area contributed by atoms with Crippen molar-refractivity contribution in [3.63, 3.8) is 0 Å². The first-order valence-corrected chi connectivity index (χ1v) is 9.16. The lowest BCUT2D eigenvalue weighted by molar-refractivity contribution is -0.141. The molecule has 6 nitrogen and oxygen atoms in total. The zero-order valence-electron chi connectivity index (χ0n) is 15.3. The first-order valence-electron chi connectivity index (χ1n) is 9.16. The van der Waals surface area contributed by atoms with Crippen LogP contribution in [0.15, 0.2) is 30.3 Å². The van der Waals surface area contributed by atoms with E-state index in [1.54, 1.807) is 0 Å². The average Bonchev–Trinajstić information content (AvgIpc) is 3.21. The van der Waals surface area contributed by atoms with E-state index >= 15 is 0 Å². The largest absolute Gasteiger partial charge is 0.368 e. The molecule has 0 spiro atoms. The van der Waals surface area contributed by atoms with Crippen molar-refractivity contribution in [1.29, 1.82) is 0 Å². The van der Waals surface area contributed by atoms with Crippen LogP contribution in [0.5, 0.6) is 0 Å². The SMILES string of the molecule is CN(C)c1nc(-c2ccccc2)nc2c1CCN(C(=O)C1CCCO1)C2. The number of amides is 1. The van der Waals surface area contributed by atoms with E-state index in [-0.39, 0.29) is 12.0 Å². The third-order valence-electron chi connectivity index (χ3n) is 5.02. The predicted molar refractivity (Wildman–Crippen MR) is 99.9 cm³/mol. The molecular weight excluding hydrogens is 328 g/mol. The molecule has 2 aliphatic heterocycles. The van der Waals surface area contributed by atoms with Crippen LogP contribution in [0.3, 0.4) is 0 Å². The van der Waals surface area contributed by atoms with E-state index in [4.69, 9.17) is 14.7 Å². The van der Waals surface area contributed by atoms with Gasteiger partial charge in [-0.3, -0.25) is 4.79 Å². The molecule has 2 aliphatic rings. The summed E-state index contributed by atoms with van der Waals surface area (Å²) in [6.45, 7) is 1.91. The predicted octanol–water partition coefficient (Wildman–Crippen LogP) is 2.27. The van der Waals surface area contributed by atoms with Crippen LogP contribution in [0.25, 0.3) is 11.4 Å². The molecule has 26 heavy (non-hydrogen) atoms. The minimum absolute atomic E-state index is 0.0967. The van der Waals surface area contributed by atoms with Crippen molar-refractivity contribution in [2.75, 3.05) is 32.1 Å². The fraction of sp³-hybridized carbons (Fsp3) is 0.450. The molecular formula is C20H24N4O2. The van der Waals surface area contributed by atoms with Gasteiger partial charge in [-0.2, -0.15) is 0 Å². The van der Waals surface area contributed by atoms with Crippen molar-refractivity contribution in [2.24, 2.45) is 0 Å². The van der Waals surface area contributed by atoms with E-state index in [0.717, 1.165) is 41.9 Å². The van der Waals surface area contributed by atoms with Crippen molar-refractivity contribution >= 4 is 11.7 Å². The number of anilines is 1. The van der Waals surface area contributed by atoms with Gasteiger partial charge in [0.15, 0.2) is 5.82 Å². The van der Waals surface area contributed by atoms with Gasteiger partial charge in [0, 0.05) is 38.4 Å². The van der Waals surface area contributed by atoms with Crippen LogP contribution in [-0.2, 0) is 22.5 Å². The Morgan fingerprint density at radius 1 is 1.23 bits per heavy atom. The van der Waals surface area contributed by atoms with Gasteiger partial charge in [-0.15, -0.1) is 0 Å². The minimum Gasteiger partial charge on any atom is -0.368 e. The summed E-state index contributed by atoms with van der Waals surface area (Å²) in [7, 11) is 4.00. The fourth-order valence-electron chi connectivity index (χ4n) is 3.66. The lowest BCUT2D eigenvalue weighted by Crippen LogP contribution is -2.42. The van der Waals surface area contributed by atoms with Crippen LogP contribution in [0.2, 0.25) is 0 Å². The minimum atomic E-state index is -0.277. The van der Waals surface area contributed by atoms with Crippen molar-refractivity contribution < 1.29 is 9.53 Å². The quantitative estimate of drug-likeness (QED) is 0.848. The second-order valence-corrected chi connectivity index (χ2v) is 7.07. The summed E-state index contributed by atoms with van der Waals surface area (Å²) < 4.78 is 5.58. The maximum Gasteiger partial charge on any atom is 0.252 e. The van der Waals surface area contributed by atoms with Gasteiger partial charge >= 0.3 is 0 Å². The van der Waals surface area contributed by atoms with Gasteiger partial charge in [-0.1, -0.05) is 30.3 Å². The molecule has 1 aromatic carbocycles. The van der Waals surface area contributed by atoms with Crippen LogP contribution in [0, 0.1) is 0 Å². The molecule has 0 bridgehead atoms. The number of hydrogen-bond donors (Lipinski definition) is 0. The smallest absolute Gasteiger partial charge is 0.252 e. The zero-order valence-corrected chi connectivity index (χ0v) is 15.3. The van der Waals surface area contributed by atoms with Crippen LogP contribution >= 0.6 is 0 Å². The van der Waals surface area contributed by atoms with Gasteiger partial charge in [-0.25, -0.2) is 9.97 Å². The number of ether oxygens (including phenoxy) is 1. The summed E-state index contributed by atoms with van der Waals surface area (Å²) in [4.78, 5) is 26.3. The number of rotatable bonds is 3. The summed E-state index contributed by atoms with van der Waals surface area (Å²) in [6.07, 6.45) is 2.28. The van der Waals surface area contributed by atoms with Crippen molar-refractivity contribution in [1.82, 2.24) is 14.9 Å². The Balaban J connectivity index is 1.68. The Morgan fingerprint density at radius 3 is 2.73 bits per heavy atom. The van der Waals surface area contributed by atoms with Gasteiger partial charge < -0.3 is 14.5 Å². The van der Waals surface area contributed by atoms with Crippen LogP contribution in [0.4, 0.5) is 5.82 Å². The van der Waals surface area contributed by atoms with Gasteiger partial charge in [0.05, 0.1) is 12.2 Å². The highest BCUT2D eigenvalue weighted by molar-refractivity contribution is 5.81. The molecule has 0 aliphatic carbocycles. The number of carbonyl (C=O) groups is 1. The van der Waals surface area contributed by atoms with E-state index in [1.807, 2.05) is 54.2 Å². The number of aromatic nitrogens is 2. The molecule has 0 saturated carbocycles. The maximum atomic E-state index is 12.7. The molecule has 6 heteroatoms. The highest BCUT2D eigenvalue weighted by atomic mass is 16.5. The van der Waals surface area contributed by atoms with E-state index in [9.17, 15) is 4.79 Å². The Morgan fingerprint density at radius 2 is 2.04 bits per heavy atom. The summed E-state index contributed by atoms with van der Waals surface area (Å²) >= 11 is 0. The molecule has 3 heterocycles. The summed E-state index contributed by atoms with van der Waals surface area (Å²) in [6, 6.07) is 9.98. The van der Waals surface area contributed by atoms with E-state index in [0.29, 0.717) is 25.5 Å². The standard InChI is InChI=1S/C20H24N4O2/c1-23(2)19-15-10-11-24(20(25)17-9-6-12-26-17)13-16(15)21-18(22-19)14-7-4-3-5-8-14/h3-5,7-8,17H,6,9-13H2,1-2H3. The first-order chi connectivity index (χ1) is 12.6. The Kier molecular flexibility index (Phi) is 4.59. The van der Waals surface area contributed by atoms with Crippen molar-refractivity contribution in [3.05, 3.63) is 41.6 Å². The Hall–Kier alpha value is -2.47. The van der Waals surface area contributed by atoms with E-state index < -0.39 is 0 Å². The molecule has 2 aromatic rings. The number of fused-ring (bicyclic) bond motifs is 1. The van der Waals surface area contributed by atoms with Gasteiger partial charge in [0.2, 0.25) is 0 Å². The molecule has 4 rings (SSSR count). The Bertz CT molecular complexity index is 801. The second-order valence-electron chi connectivity index (χ2n) is 7.07. The molecule has 0 N–H and O–H groups in total. The molecule has 0 radical (unpaired) electrons. The molecule has 1 aromatic heterocycles. The van der Waals surface area contributed by atoms with Crippen LogP contribution < -0.4 is 4.90 Å². The number of nitrogens with zero attached hydrogens (tertiary/aromatic N) is 4. The van der Waals surface area contributed by atoms with Crippen molar-refractivity contribution in [2.45, 2.75) is 31.9 Å². The van der Waals surface area contributed by atoms with E-state index in [1.165, 1.54) is 0 Å². The topological polar surface area (TPSA) is 58.6 Å². The average molecular weight is 352 g/mol. The van der Waals surface area contributed by atoms with Crippen molar-refractivity contribution in [3.8, 4) is 11.4 Å². The highest BCUT2D eigenvalue weighted by Crippen LogP contribution is 2.29. The molecule has 136 valence electrons. The number of carbonyl (C=O) groups excluding carboxylic acids is 1. The van der Waals surface area contributed by atoms with Gasteiger partial charge in [0.25, 0.3) is 5.91 Å². The maximum absolute atomic E-state index is 12.7. The highest BCUT2D eigenvalue weighted by Gasteiger charge is 2.32. The monoisotopic (exact) mass is 352 g/mol. The molecule has 1 amide bonds. The van der Waals surface area contributed by atoms with Crippen LogP contribution in [-0.4, -0.2) is 54.1 Å². The molecule has 1 atom stereocenters. The summed E-state index contributed by atoms with van der Waals surface area (Å²) in [5.74, 6) is 1.75. The third kappa shape index (κ3) is 3.17. The lowest BCUT2D eigenvalue weighted by Gasteiger charge is -2.32. The Labute approximate surface area is 153 Å². The second kappa shape index (κ2) is 7.03. The first kappa shape index (κ1) is 17.0. The van der Waals surface area contributed by atoms with E-state index in [2.05, 4.69) is 0 Å². The van der Waals surface area contributed by atoms with Crippen LogP contribution in [0.1, 0.15) is 24.1 Å². The van der Waals surface area contributed by atoms with Gasteiger partial charge in [-0.05, 0) is 19.3 Å². The normalized spacial score (nSPS) is 19.3. The van der Waals surface area contributed by atoms with Gasteiger partial charge in [0.1, 0.15) is 11.9 Å². The fourth-order valence-corrected chi connectivity index (χ4v) is 3.66. The molecule has 1 unspecified atom stereocenters.